The molecule has 0 N–H and O–H groups in total. The van der Waals surface area contributed by atoms with Gasteiger partial charge >= 0.3 is 6.18 Å². The van der Waals surface area contributed by atoms with E-state index in [0.717, 1.165) is 6.07 Å². The first-order valence-corrected chi connectivity index (χ1v) is 7.58. The predicted molar refractivity (Wildman–Crippen MR) is 80.6 cm³/mol. The van der Waals surface area contributed by atoms with E-state index in [-0.39, 0.29) is 27.4 Å². The summed E-state index contributed by atoms with van der Waals surface area (Å²) in [6, 6.07) is 8.25. The molecular formula is C14H8BrCl2F3O. The summed E-state index contributed by atoms with van der Waals surface area (Å²) >= 11 is 14.8. The van der Waals surface area contributed by atoms with Gasteiger partial charge in [0.25, 0.3) is 0 Å². The number of alkyl halides is 4. The smallest absolute Gasteiger partial charge is 0.416 e. The van der Waals surface area contributed by atoms with Gasteiger partial charge in [-0.25, -0.2) is 0 Å². The van der Waals surface area contributed by atoms with E-state index >= 15 is 0 Å². The number of benzene rings is 2. The van der Waals surface area contributed by atoms with Crippen LogP contribution in [0, 0.1) is 0 Å². The van der Waals surface area contributed by atoms with Crippen LogP contribution in [0.3, 0.4) is 0 Å². The molecule has 2 aromatic rings. The fourth-order valence-electron chi connectivity index (χ4n) is 1.68. The van der Waals surface area contributed by atoms with Crippen molar-refractivity contribution in [1.82, 2.24) is 0 Å². The van der Waals surface area contributed by atoms with E-state index in [1.807, 2.05) is 0 Å². The van der Waals surface area contributed by atoms with Gasteiger partial charge in [-0.05, 0) is 29.8 Å². The molecule has 0 saturated carbocycles. The first kappa shape index (κ1) is 16.5. The van der Waals surface area contributed by atoms with E-state index in [0.29, 0.717) is 5.02 Å². The largest absolute Gasteiger partial charge is 0.456 e. The second-order valence-corrected chi connectivity index (χ2v) is 5.53. The van der Waals surface area contributed by atoms with Crippen LogP contribution in [0.4, 0.5) is 13.2 Å². The van der Waals surface area contributed by atoms with E-state index in [9.17, 15) is 13.2 Å². The molecule has 0 heterocycles. The molecule has 112 valence electrons. The molecule has 1 nitrogen and oxygen atoms in total. The summed E-state index contributed by atoms with van der Waals surface area (Å²) in [7, 11) is 0. The SMILES string of the molecule is FC(F)(F)c1cc(Oc2cc(Cl)ccc2Cl)ccc1CBr. The Hall–Kier alpha value is -0.910. The van der Waals surface area contributed by atoms with Gasteiger partial charge in [-0.2, -0.15) is 13.2 Å². The van der Waals surface area contributed by atoms with Crippen LogP contribution in [0.1, 0.15) is 11.1 Å². The van der Waals surface area contributed by atoms with Gasteiger partial charge in [0.1, 0.15) is 11.5 Å². The normalized spacial score (nSPS) is 11.5. The average molecular weight is 400 g/mol. The highest BCUT2D eigenvalue weighted by atomic mass is 79.9. The molecule has 7 heteroatoms. The van der Waals surface area contributed by atoms with Crippen molar-refractivity contribution < 1.29 is 17.9 Å². The van der Waals surface area contributed by atoms with E-state index in [4.69, 9.17) is 27.9 Å². The Balaban J connectivity index is 2.39. The molecule has 0 radical (unpaired) electrons. The van der Waals surface area contributed by atoms with Crippen LogP contribution in [0.5, 0.6) is 11.5 Å². The molecule has 0 aliphatic heterocycles. The van der Waals surface area contributed by atoms with Gasteiger partial charge in [-0.15, -0.1) is 0 Å². The third-order valence-corrected chi connectivity index (χ3v) is 3.80. The Morgan fingerprint density at radius 1 is 1.05 bits per heavy atom. The molecule has 0 saturated heterocycles. The molecule has 0 aliphatic carbocycles. The number of halogens is 6. The fourth-order valence-corrected chi connectivity index (χ4v) is 2.49. The maximum absolute atomic E-state index is 13.0. The molecular weight excluding hydrogens is 392 g/mol. The quantitative estimate of drug-likeness (QED) is 0.521. The molecule has 0 unspecified atom stereocenters. The summed E-state index contributed by atoms with van der Waals surface area (Å²) in [5.74, 6) is 0.236. The van der Waals surface area contributed by atoms with Crippen molar-refractivity contribution in [2.75, 3.05) is 0 Å². The summed E-state index contributed by atoms with van der Waals surface area (Å²) in [4.78, 5) is 0. The summed E-state index contributed by atoms with van der Waals surface area (Å²) in [6.45, 7) is 0. The van der Waals surface area contributed by atoms with Gasteiger partial charge in [0.2, 0.25) is 0 Å². The Morgan fingerprint density at radius 2 is 1.76 bits per heavy atom. The van der Waals surface area contributed by atoms with E-state index in [1.165, 1.54) is 24.3 Å². The van der Waals surface area contributed by atoms with Gasteiger partial charge in [0, 0.05) is 16.4 Å². The Labute approximate surface area is 137 Å². The second kappa shape index (κ2) is 6.46. The summed E-state index contributed by atoms with van der Waals surface area (Å²) in [5, 5.41) is 0.736. The van der Waals surface area contributed by atoms with Crippen LogP contribution in [0.15, 0.2) is 36.4 Å². The number of hydrogen-bond donors (Lipinski definition) is 0. The van der Waals surface area contributed by atoms with Crippen LogP contribution in [0.2, 0.25) is 10.0 Å². The number of hydrogen-bond acceptors (Lipinski definition) is 1. The van der Waals surface area contributed by atoms with Crippen LogP contribution in [-0.2, 0) is 11.5 Å². The zero-order valence-corrected chi connectivity index (χ0v) is 13.4. The lowest BCUT2D eigenvalue weighted by molar-refractivity contribution is -0.138. The monoisotopic (exact) mass is 398 g/mol. The molecule has 0 bridgehead atoms. The van der Waals surface area contributed by atoms with Crippen molar-refractivity contribution in [2.45, 2.75) is 11.5 Å². The van der Waals surface area contributed by atoms with E-state index in [2.05, 4.69) is 15.9 Å². The Kier molecular flexibility index (Phi) is 5.07. The molecule has 0 aromatic heterocycles. The van der Waals surface area contributed by atoms with Crippen molar-refractivity contribution in [2.24, 2.45) is 0 Å². The maximum Gasteiger partial charge on any atom is 0.416 e. The van der Waals surface area contributed by atoms with Crippen molar-refractivity contribution in [1.29, 1.82) is 0 Å². The molecule has 0 fully saturated rings. The third kappa shape index (κ3) is 4.05. The summed E-state index contributed by atoms with van der Waals surface area (Å²) < 4.78 is 44.3. The molecule has 2 aromatic carbocycles. The van der Waals surface area contributed by atoms with Crippen LogP contribution in [0.25, 0.3) is 0 Å². The Bertz CT molecular complexity index is 659. The minimum Gasteiger partial charge on any atom is -0.456 e. The van der Waals surface area contributed by atoms with Gasteiger partial charge in [-0.1, -0.05) is 45.2 Å². The second-order valence-electron chi connectivity index (χ2n) is 4.13. The number of ether oxygens (including phenoxy) is 1. The van der Waals surface area contributed by atoms with Crippen LogP contribution >= 0.6 is 39.1 Å². The fraction of sp³-hybridized carbons (Fsp3) is 0.143. The Morgan fingerprint density at radius 3 is 2.38 bits per heavy atom. The topological polar surface area (TPSA) is 9.23 Å². The highest BCUT2D eigenvalue weighted by Gasteiger charge is 2.33. The lowest BCUT2D eigenvalue weighted by atomic mass is 10.1. The van der Waals surface area contributed by atoms with Crippen molar-refractivity contribution in [3.63, 3.8) is 0 Å². The highest BCUT2D eigenvalue weighted by Crippen LogP contribution is 2.38. The summed E-state index contributed by atoms with van der Waals surface area (Å²) in [6.07, 6.45) is -4.46. The zero-order valence-electron chi connectivity index (χ0n) is 10.3. The molecule has 0 atom stereocenters. The predicted octanol–water partition coefficient (Wildman–Crippen LogP) is 6.70. The zero-order chi connectivity index (χ0) is 15.6. The van der Waals surface area contributed by atoms with E-state index in [1.54, 1.807) is 6.07 Å². The molecule has 0 amide bonds. The standard InChI is InChI=1S/C14H8BrCl2F3O/c15-7-8-1-3-10(6-11(8)14(18,19)20)21-13-5-9(16)2-4-12(13)17/h1-6H,7H2. The van der Waals surface area contributed by atoms with Gasteiger partial charge in [0.15, 0.2) is 0 Å². The van der Waals surface area contributed by atoms with E-state index < -0.39 is 11.7 Å². The molecule has 0 aliphatic rings. The van der Waals surface area contributed by atoms with Gasteiger partial charge in [0.05, 0.1) is 10.6 Å². The van der Waals surface area contributed by atoms with Crippen molar-refractivity contribution in [3.8, 4) is 11.5 Å². The molecule has 21 heavy (non-hydrogen) atoms. The van der Waals surface area contributed by atoms with Gasteiger partial charge < -0.3 is 4.74 Å². The van der Waals surface area contributed by atoms with Crippen LogP contribution in [-0.4, -0.2) is 0 Å². The van der Waals surface area contributed by atoms with Crippen molar-refractivity contribution in [3.05, 3.63) is 57.6 Å². The first-order valence-electron chi connectivity index (χ1n) is 5.70. The first-order chi connectivity index (χ1) is 9.81. The highest BCUT2D eigenvalue weighted by molar-refractivity contribution is 9.08. The minimum atomic E-state index is -4.46. The number of rotatable bonds is 3. The average Bonchev–Trinajstić information content (AvgIpc) is 2.42. The van der Waals surface area contributed by atoms with Gasteiger partial charge in [-0.3, -0.25) is 0 Å². The third-order valence-electron chi connectivity index (χ3n) is 2.65. The lowest BCUT2D eigenvalue weighted by Crippen LogP contribution is -2.08. The maximum atomic E-state index is 13.0. The molecule has 0 spiro atoms. The lowest BCUT2D eigenvalue weighted by Gasteiger charge is -2.14. The summed E-state index contributed by atoms with van der Waals surface area (Å²) in [5.41, 5.74) is -0.623. The van der Waals surface area contributed by atoms with Crippen LogP contribution < -0.4 is 4.74 Å². The molecule has 2 rings (SSSR count). The minimum absolute atomic E-state index is 0.0381. The van der Waals surface area contributed by atoms with Crippen molar-refractivity contribution >= 4 is 39.1 Å².